The summed E-state index contributed by atoms with van der Waals surface area (Å²) in [6.07, 6.45) is 28.5. The van der Waals surface area contributed by atoms with Gasteiger partial charge in [0.2, 0.25) is 0 Å². The zero-order valence-corrected chi connectivity index (χ0v) is 23.0. The average molecular weight is 486 g/mol. The number of unbranched alkanes of at least 4 members (excludes halogenated alkanes) is 8. The molecule has 1 aliphatic rings. The predicted octanol–water partition coefficient (Wildman–Crippen LogP) is 9.16. The zero-order chi connectivity index (χ0) is 23.7. The van der Waals surface area contributed by atoms with E-state index in [0.29, 0.717) is 0 Å². The van der Waals surface area contributed by atoms with Gasteiger partial charge in [0.25, 0.3) is 5.01 Å². The summed E-state index contributed by atoms with van der Waals surface area (Å²) in [4.78, 5) is 2.46. The predicted molar refractivity (Wildman–Crippen MR) is 150 cm³/mol. The maximum absolute atomic E-state index is 2.46. The Bertz CT molecular complexity index is 827. The Hall–Kier alpha value is -1.52. The zero-order valence-electron chi connectivity index (χ0n) is 21.4. The molecule has 0 saturated heterocycles. The van der Waals surface area contributed by atoms with E-state index in [9.17, 15) is 0 Å². The molecule has 33 heavy (non-hydrogen) atoms. The minimum atomic E-state index is 1.14. The van der Waals surface area contributed by atoms with Crippen LogP contribution in [0.1, 0.15) is 95.7 Å². The van der Waals surface area contributed by atoms with E-state index in [-0.39, 0.29) is 0 Å². The topological polar surface area (TPSA) is 7.12 Å². The normalized spacial score (nSPS) is 15.8. The molecule has 2 rings (SSSR count). The quantitative estimate of drug-likeness (QED) is 0.131. The second kappa shape index (κ2) is 17.0. The largest absolute Gasteiger partial charge is 0.339 e. The summed E-state index contributed by atoms with van der Waals surface area (Å²) in [5.74, 6) is 0. The fourth-order valence-corrected chi connectivity index (χ4v) is 5.82. The summed E-state index contributed by atoms with van der Waals surface area (Å²) in [7, 11) is 0. The minimum absolute atomic E-state index is 1.14. The van der Waals surface area contributed by atoms with E-state index in [1.807, 2.05) is 23.1 Å². The van der Waals surface area contributed by atoms with Crippen LogP contribution in [0.5, 0.6) is 0 Å². The fourth-order valence-electron chi connectivity index (χ4n) is 3.94. The molecule has 1 aromatic heterocycles. The summed E-state index contributed by atoms with van der Waals surface area (Å²) in [6, 6.07) is 0. The van der Waals surface area contributed by atoms with Crippen LogP contribution in [-0.4, -0.2) is 11.4 Å². The van der Waals surface area contributed by atoms with E-state index < -0.39 is 0 Å². The van der Waals surface area contributed by atoms with Gasteiger partial charge < -0.3 is 4.90 Å². The first-order valence-corrected chi connectivity index (χ1v) is 14.7. The van der Waals surface area contributed by atoms with Crippen molar-refractivity contribution in [2.24, 2.45) is 0 Å². The van der Waals surface area contributed by atoms with Crippen LogP contribution in [0.4, 0.5) is 0 Å². The van der Waals surface area contributed by atoms with Gasteiger partial charge in [-0.15, -0.1) is 0 Å². The van der Waals surface area contributed by atoms with E-state index in [4.69, 9.17) is 0 Å². The number of nitrogens with zero attached hydrogens (tertiary/aromatic N) is 2. The van der Waals surface area contributed by atoms with Crippen molar-refractivity contribution in [2.75, 3.05) is 6.54 Å². The molecule has 2 nitrogen and oxygen atoms in total. The van der Waals surface area contributed by atoms with Gasteiger partial charge in [0.15, 0.2) is 5.69 Å². The van der Waals surface area contributed by atoms with Crippen molar-refractivity contribution in [3.05, 3.63) is 68.7 Å². The van der Waals surface area contributed by atoms with Gasteiger partial charge in [0.05, 0.1) is 10.4 Å². The van der Waals surface area contributed by atoms with Gasteiger partial charge >= 0.3 is 0 Å². The molecule has 1 aromatic rings. The highest BCUT2D eigenvalue weighted by molar-refractivity contribution is 8.06. The third kappa shape index (κ3) is 10.5. The van der Waals surface area contributed by atoms with Crippen molar-refractivity contribution in [3.8, 4) is 0 Å². The monoisotopic (exact) mass is 485 g/mol. The lowest BCUT2D eigenvalue weighted by molar-refractivity contribution is -0.700. The smallest absolute Gasteiger partial charge is 0.261 e. The number of aryl methyl sites for hydroxylation is 1. The highest BCUT2D eigenvalue weighted by Gasteiger charge is 2.16. The van der Waals surface area contributed by atoms with Gasteiger partial charge in [0, 0.05) is 31.7 Å². The van der Waals surface area contributed by atoms with Gasteiger partial charge in [-0.05, 0) is 31.2 Å². The highest BCUT2D eigenvalue weighted by atomic mass is 32.2. The molecule has 182 valence electrons. The molecule has 0 aromatic carbocycles. The molecule has 4 heteroatoms. The lowest BCUT2D eigenvalue weighted by Crippen LogP contribution is -2.37. The molecule has 0 atom stereocenters. The lowest BCUT2D eigenvalue weighted by Gasteiger charge is -2.21. The SMILES string of the molecule is CCCCCCCN1C(C)=CS\C1=C/C=C/C=C/C=C/c1scc(C)[n+]1CCCCCCC. The Morgan fingerprint density at radius 2 is 1.48 bits per heavy atom. The number of hydrogen-bond acceptors (Lipinski definition) is 3. The fraction of sp³-hybridized carbons (Fsp3) is 0.552. The lowest BCUT2D eigenvalue weighted by atomic mass is 10.1. The average Bonchev–Trinajstić information content (AvgIpc) is 3.34. The summed E-state index contributed by atoms with van der Waals surface area (Å²) < 4.78 is 2.46. The van der Waals surface area contributed by atoms with E-state index >= 15 is 0 Å². The molecule has 0 bridgehead atoms. The van der Waals surface area contributed by atoms with Gasteiger partial charge in [-0.2, -0.15) is 4.57 Å². The summed E-state index contributed by atoms with van der Waals surface area (Å²) >= 11 is 3.68. The van der Waals surface area contributed by atoms with Crippen molar-refractivity contribution in [2.45, 2.75) is 98.4 Å². The summed E-state index contributed by atoms with van der Waals surface area (Å²) in [5, 5.41) is 7.23. The van der Waals surface area contributed by atoms with Crippen LogP contribution in [0, 0.1) is 6.92 Å². The molecule has 0 aliphatic carbocycles. The maximum Gasteiger partial charge on any atom is 0.261 e. The van der Waals surface area contributed by atoms with Crippen LogP contribution >= 0.6 is 23.1 Å². The molecule has 0 radical (unpaired) electrons. The van der Waals surface area contributed by atoms with Crippen LogP contribution in [0.3, 0.4) is 0 Å². The molecular formula is C29H45N2S2+. The summed E-state index contributed by atoms with van der Waals surface area (Å²) in [6.45, 7) is 11.3. The number of allylic oxidation sites excluding steroid dienone is 7. The number of thiazole rings is 1. The number of aromatic nitrogens is 1. The van der Waals surface area contributed by atoms with Crippen molar-refractivity contribution in [1.29, 1.82) is 0 Å². The molecule has 0 saturated carbocycles. The Balaban J connectivity index is 1.79. The molecular weight excluding hydrogens is 440 g/mol. The van der Waals surface area contributed by atoms with Crippen molar-refractivity contribution < 1.29 is 4.57 Å². The first-order valence-electron chi connectivity index (χ1n) is 13.0. The second-order valence-electron chi connectivity index (χ2n) is 8.86. The van der Waals surface area contributed by atoms with Gasteiger partial charge in [-0.1, -0.05) is 112 Å². The van der Waals surface area contributed by atoms with Crippen LogP contribution in [-0.2, 0) is 6.54 Å². The Kier molecular flexibility index (Phi) is 14.3. The van der Waals surface area contributed by atoms with Crippen LogP contribution < -0.4 is 4.57 Å². The van der Waals surface area contributed by atoms with Crippen molar-refractivity contribution >= 4 is 29.2 Å². The number of rotatable bonds is 16. The Morgan fingerprint density at radius 1 is 0.818 bits per heavy atom. The first-order chi connectivity index (χ1) is 16.2. The first kappa shape index (κ1) is 27.7. The molecule has 0 fully saturated rings. The number of thioether (sulfide) groups is 1. The Morgan fingerprint density at radius 3 is 2.24 bits per heavy atom. The molecule has 2 heterocycles. The van der Waals surface area contributed by atoms with E-state index in [1.54, 1.807) is 0 Å². The molecule has 0 spiro atoms. The summed E-state index contributed by atoms with van der Waals surface area (Å²) in [5.41, 5.74) is 2.75. The molecule has 1 aliphatic heterocycles. The van der Waals surface area contributed by atoms with Gasteiger partial charge in [0.1, 0.15) is 6.54 Å². The van der Waals surface area contributed by atoms with Crippen LogP contribution in [0.2, 0.25) is 0 Å². The van der Waals surface area contributed by atoms with E-state index in [2.05, 4.69) is 90.5 Å². The molecule has 0 unspecified atom stereocenters. The standard InChI is InChI=1S/C29H45N2S2/c1-5-7-9-14-18-22-30-26(3)24-32-28(30)20-16-12-11-13-17-21-29-31(27(4)25-33-29)23-19-15-10-8-6-2/h11-13,16-17,20-21,24-25H,5-10,14-15,18-19,22-23H2,1-4H3/q+1. The van der Waals surface area contributed by atoms with Crippen LogP contribution in [0.15, 0.2) is 58.0 Å². The van der Waals surface area contributed by atoms with Gasteiger partial charge in [-0.25, -0.2) is 0 Å². The molecule has 0 amide bonds. The van der Waals surface area contributed by atoms with Gasteiger partial charge in [-0.3, -0.25) is 0 Å². The minimum Gasteiger partial charge on any atom is -0.339 e. The second-order valence-corrected chi connectivity index (χ2v) is 10.6. The highest BCUT2D eigenvalue weighted by Crippen LogP contribution is 2.34. The van der Waals surface area contributed by atoms with Crippen LogP contribution in [0.25, 0.3) is 6.08 Å². The van der Waals surface area contributed by atoms with E-state index in [1.165, 1.54) is 85.6 Å². The van der Waals surface area contributed by atoms with E-state index in [0.717, 1.165) is 13.1 Å². The van der Waals surface area contributed by atoms with Crippen molar-refractivity contribution in [3.63, 3.8) is 0 Å². The number of hydrogen-bond donors (Lipinski definition) is 0. The third-order valence-electron chi connectivity index (χ3n) is 5.98. The maximum atomic E-state index is 2.46. The molecule has 0 N–H and O–H groups in total. The Labute approximate surface area is 211 Å². The third-order valence-corrected chi connectivity index (χ3v) is 8.09. The van der Waals surface area contributed by atoms with Crippen molar-refractivity contribution in [1.82, 2.24) is 4.90 Å².